The predicted octanol–water partition coefficient (Wildman–Crippen LogP) is 2.75. The largest absolute Gasteiger partial charge is 0.348 e. The Kier molecular flexibility index (Phi) is 4.02. The highest BCUT2D eigenvalue weighted by Crippen LogP contribution is 2.22. The summed E-state index contributed by atoms with van der Waals surface area (Å²) in [5, 5.41) is 5.47. The average molecular weight is 306 g/mol. The maximum atomic E-state index is 5.70. The van der Waals surface area contributed by atoms with Gasteiger partial charge in [-0.2, -0.15) is 0 Å². The van der Waals surface area contributed by atoms with Crippen LogP contribution in [-0.2, 0) is 16.0 Å². The maximum absolute atomic E-state index is 5.70. The predicted molar refractivity (Wildman–Crippen MR) is 68.6 cm³/mol. The van der Waals surface area contributed by atoms with Crippen LogP contribution < -0.4 is 5.32 Å². The van der Waals surface area contributed by atoms with Crippen molar-refractivity contribution in [3.8, 4) is 0 Å². The Balaban J connectivity index is 1.69. The summed E-state index contributed by atoms with van der Waals surface area (Å²) >= 11 is 5.19. The molecule has 0 saturated carbocycles. The highest BCUT2D eigenvalue weighted by atomic mass is 79.9. The first-order valence-electron chi connectivity index (χ1n) is 5.30. The van der Waals surface area contributed by atoms with Crippen LogP contribution in [0, 0.1) is 0 Å². The molecule has 2 heterocycles. The number of thiophene rings is 1. The Hall–Kier alpha value is 0.0600. The van der Waals surface area contributed by atoms with E-state index >= 15 is 0 Å². The van der Waals surface area contributed by atoms with Crippen LogP contribution in [0.3, 0.4) is 0 Å². The summed E-state index contributed by atoms with van der Waals surface area (Å²) in [5.74, 6) is -0.418. The molecule has 1 saturated heterocycles. The molecular weight excluding hydrogens is 290 g/mol. The van der Waals surface area contributed by atoms with Crippen LogP contribution in [0.25, 0.3) is 0 Å². The Morgan fingerprint density at radius 2 is 2.44 bits per heavy atom. The van der Waals surface area contributed by atoms with E-state index in [2.05, 4.69) is 32.7 Å². The zero-order chi connectivity index (χ0) is 11.6. The lowest BCUT2D eigenvalue weighted by Crippen LogP contribution is -2.30. The van der Waals surface area contributed by atoms with Gasteiger partial charge in [-0.05, 0) is 35.8 Å². The lowest BCUT2D eigenvalue weighted by molar-refractivity contribution is -0.137. The standard InChI is InChI=1S/C11H16BrNO2S/c1-11(2)14-6-9(15-11)4-13-5-10-3-8(12)7-16-10/h3,7,9,13H,4-6H2,1-2H3. The maximum Gasteiger partial charge on any atom is 0.163 e. The minimum atomic E-state index is -0.418. The summed E-state index contributed by atoms with van der Waals surface area (Å²) in [4.78, 5) is 1.32. The molecular formula is C11H16BrNO2S. The quantitative estimate of drug-likeness (QED) is 0.928. The second kappa shape index (κ2) is 5.14. The molecule has 1 aromatic heterocycles. The van der Waals surface area contributed by atoms with Crippen molar-refractivity contribution in [2.45, 2.75) is 32.3 Å². The van der Waals surface area contributed by atoms with Crippen LogP contribution >= 0.6 is 27.3 Å². The van der Waals surface area contributed by atoms with Gasteiger partial charge in [0.15, 0.2) is 5.79 Å². The van der Waals surface area contributed by atoms with E-state index in [0.29, 0.717) is 6.61 Å². The van der Waals surface area contributed by atoms with Gasteiger partial charge in [0.25, 0.3) is 0 Å². The van der Waals surface area contributed by atoms with E-state index in [0.717, 1.165) is 17.6 Å². The fourth-order valence-electron chi connectivity index (χ4n) is 1.67. The van der Waals surface area contributed by atoms with E-state index in [9.17, 15) is 0 Å². The summed E-state index contributed by atoms with van der Waals surface area (Å²) in [6.45, 7) is 6.29. The van der Waals surface area contributed by atoms with Crippen molar-refractivity contribution in [2.24, 2.45) is 0 Å². The van der Waals surface area contributed by atoms with Gasteiger partial charge in [0.1, 0.15) is 0 Å². The second-order valence-corrected chi connectivity index (χ2v) is 6.22. The Labute approximate surface area is 108 Å². The summed E-state index contributed by atoms with van der Waals surface area (Å²) in [6, 6.07) is 2.13. The molecule has 0 bridgehead atoms. The molecule has 0 amide bonds. The van der Waals surface area contributed by atoms with Crippen molar-refractivity contribution in [2.75, 3.05) is 13.2 Å². The third kappa shape index (κ3) is 3.53. The molecule has 5 heteroatoms. The molecule has 16 heavy (non-hydrogen) atoms. The number of ether oxygens (including phenoxy) is 2. The van der Waals surface area contributed by atoms with Crippen molar-refractivity contribution in [1.29, 1.82) is 0 Å². The van der Waals surface area contributed by atoms with Crippen LogP contribution in [0.5, 0.6) is 0 Å². The zero-order valence-corrected chi connectivity index (χ0v) is 11.9. The minimum Gasteiger partial charge on any atom is -0.348 e. The SMILES string of the molecule is CC1(C)OCC(CNCc2cc(Br)cs2)O1. The minimum absolute atomic E-state index is 0.165. The van der Waals surface area contributed by atoms with E-state index in [4.69, 9.17) is 9.47 Å². The number of rotatable bonds is 4. The van der Waals surface area contributed by atoms with Crippen molar-refractivity contribution < 1.29 is 9.47 Å². The van der Waals surface area contributed by atoms with Gasteiger partial charge in [0.05, 0.1) is 12.7 Å². The first-order chi connectivity index (χ1) is 7.55. The molecule has 1 aromatic rings. The Bertz CT molecular complexity index is 354. The zero-order valence-electron chi connectivity index (χ0n) is 9.46. The Morgan fingerprint density at radius 1 is 1.62 bits per heavy atom. The fourth-order valence-corrected chi connectivity index (χ4v) is 3.09. The molecule has 3 nitrogen and oxygen atoms in total. The van der Waals surface area contributed by atoms with Crippen LogP contribution in [0.4, 0.5) is 0 Å². The summed E-state index contributed by atoms with van der Waals surface area (Å²) in [7, 11) is 0. The van der Waals surface area contributed by atoms with E-state index in [1.54, 1.807) is 11.3 Å². The monoisotopic (exact) mass is 305 g/mol. The van der Waals surface area contributed by atoms with Crippen molar-refractivity contribution in [1.82, 2.24) is 5.32 Å². The van der Waals surface area contributed by atoms with Gasteiger partial charge in [-0.1, -0.05) is 0 Å². The summed E-state index contributed by atoms with van der Waals surface area (Å²) < 4.78 is 12.3. The molecule has 0 aromatic carbocycles. The van der Waals surface area contributed by atoms with Gasteiger partial charge >= 0.3 is 0 Å². The topological polar surface area (TPSA) is 30.5 Å². The number of hydrogen-bond donors (Lipinski definition) is 1. The van der Waals surface area contributed by atoms with Crippen LogP contribution in [0.1, 0.15) is 18.7 Å². The number of hydrogen-bond acceptors (Lipinski definition) is 4. The lowest BCUT2D eigenvalue weighted by atomic mass is 10.3. The normalized spacial score (nSPS) is 23.8. The van der Waals surface area contributed by atoms with Gasteiger partial charge in [-0.15, -0.1) is 11.3 Å². The molecule has 0 aliphatic carbocycles. The molecule has 1 atom stereocenters. The van der Waals surface area contributed by atoms with Crippen molar-refractivity contribution in [3.63, 3.8) is 0 Å². The number of halogens is 1. The molecule has 1 unspecified atom stereocenters. The average Bonchev–Trinajstić information content (AvgIpc) is 2.73. The highest BCUT2D eigenvalue weighted by molar-refractivity contribution is 9.10. The Morgan fingerprint density at radius 3 is 3.00 bits per heavy atom. The third-order valence-corrected chi connectivity index (χ3v) is 4.06. The summed E-state index contributed by atoms with van der Waals surface area (Å²) in [5.41, 5.74) is 0. The van der Waals surface area contributed by atoms with E-state index in [1.807, 2.05) is 13.8 Å². The fraction of sp³-hybridized carbons (Fsp3) is 0.636. The molecule has 0 radical (unpaired) electrons. The van der Waals surface area contributed by atoms with E-state index in [-0.39, 0.29) is 6.10 Å². The van der Waals surface area contributed by atoms with Crippen LogP contribution in [0.15, 0.2) is 15.9 Å². The summed E-state index contributed by atoms with van der Waals surface area (Å²) in [6.07, 6.45) is 0.165. The van der Waals surface area contributed by atoms with E-state index in [1.165, 1.54) is 4.88 Å². The van der Waals surface area contributed by atoms with Gasteiger partial charge in [-0.25, -0.2) is 0 Å². The van der Waals surface area contributed by atoms with Gasteiger partial charge in [0, 0.05) is 27.8 Å². The molecule has 1 aliphatic rings. The van der Waals surface area contributed by atoms with Gasteiger partial charge in [0.2, 0.25) is 0 Å². The van der Waals surface area contributed by atoms with Gasteiger partial charge < -0.3 is 14.8 Å². The number of nitrogens with one attached hydrogen (secondary N) is 1. The third-order valence-electron chi connectivity index (χ3n) is 2.36. The highest BCUT2D eigenvalue weighted by Gasteiger charge is 2.32. The second-order valence-electron chi connectivity index (χ2n) is 4.31. The van der Waals surface area contributed by atoms with Crippen molar-refractivity contribution in [3.05, 3.63) is 20.8 Å². The molecule has 1 aliphatic heterocycles. The van der Waals surface area contributed by atoms with Gasteiger partial charge in [-0.3, -0.25) is 0 Å². The smallest absolute Gasteiger partial charge is 0.163 e. The first-order valence-corrected chi connectivity index (χ1v) is 6.98. The lowest BCUT2D eigenvalue weighted by Gasteiger charge is -2.17. The van der Waals surface area contributed by atoms with Crippen molar-refractivity contribution >= 4 is 27.3 Å². The van der Waals surface area contributed by atoms with Crippen LogP contribution in [-0.4, -0.2) is 25.0 Å². The molecule has 0 spiro atoms. The van der Waals surface area contributed by atoms with Crippen LogP contribution in [0.2, 0.25) is 0 Å². The van der Waals surface area contributed by atoms with E-state index < -0.39 is 5.79 Å². The first kappa shape index (κ1) is 12.5. The molecule has 1 N–H and O–H groups in total. The molecule has 1 fully saturated rings. The molecule has 2 rings (SSSR count). The molecule has 90 valence electrons.